The van der Waals surface area contributed by atoms with Crippen LogP contribution in [0.4, 0.5) is 0 Å². The zero-order chi connectivity index (χ0) is 21.7. The summed E-state index contributed by atoms with van der Waals surface area (Å²) in [5.41, 5.74) is 1.55. The van der Waals surface area contributed by atoms with Crippen LogP contribution in [0.15, 0.2) is 54.6 Å². The molecule has 31 heavy (non-hydrogen) atoms. The van der Waals surface area contributed by atoms with E-state index < -0.39 is 5.41 Å². The Labute approximate surface area is 184 Å². The van der Waals surface area contributed by atoms with Gasteiger partial charge in [-0.3, -0.25) is 9.59 Å². The van der Waals surface area contributed by atoms with Gasteiger partial charge in [-0.25, -0.2) is 0 Å². The quantitative estimate of drug-likeness (QED) is 0.752. The molecule has 2 aliphatic rings. The average Bonchev–Trinajstić information content (AvgIpc) is 2.81. The lowest BCUT2D eigenvalue weighted by Crippen LogP contribution is -2.52. The maximum Gasteiger partial charge on any atom is 0.253 e. The van der Waals surface area contributed by atoms with Gasteiger partial charge in [0, 0.05) is 18.7 Å². The molecule has 1 saturated heterocycles. The zero-order valence-electron chi connectivity index (χ0n) is 18.3. The third-order valence-electron chi connectivity index (χ3n) is 6.70. The van der Waals surface area contributed by atoms with Crippen molar-refractivity contribution in [3.05, 3.63) is 65.7 Å². The van der Waals surface area contributed by atoms with Crippen molar-refractivity contribution in [3.8, 4) is 5.75 Å². The largest absolute Gasteiger partial charge is 0.491 e. The molecule has 1 N–H and O–H groups in total. The minimum absolute atomic E-state index is 0.0578. The summed E-state index contributed by atoms with van der Waals surface area (Å²) in [6, 6.07) is 17.5. The number of para-hydroxylation sites is 1. The Kier molecular flexibility index (Phi) is 6.59. The first-order valence-corrected chi connectivity index (χ1v) is 11.4. The Morgan fingerprint density at radius 1 is 1.00 bits per heavy atom. The number of carbonyl (C=O) groups excluding carboxylic acids is 2. The summed E-state index contributed by atoms with van der Waals surface area (Å²) < 4.78 is 6.03. The number of amides is 2. The van der Waals surface area contributed by atoms with Crippen LogP contribution in [0.1, 0.15) is 54.9 Å². The lowest BCUT2D eigenvalue weighted by molar-refractivity contribution is -0.135. The molecule has 1 spiro atoms. The second-order valence-corrected chi connectivity index (χ2v) is 8.94. The van der Waals surface area contributed by atoms with Crippen molar-refractivity contribution in [2.45, 2.75) is 51.5 Å². The second-order valence-electron chi connectivity index (χ2n) is 8.94. The summed E-state index contributed by atoms with van der Waals surface area (Å²) in [6.07, 6.45) is 5.26. The summed E-state index contributed by atoms with van der Waals surface area (Å²) in [5.74, 6) is 1.10. The number of nitrogens with one attached hydrogen (secondary N) is 1. The zero-order valence-corrected chi connectivity index (χ0v) is 18.3. The highest BCUT2D eigenvalue weighted by Gasteiger charge is 2.42. The van der Waals surface area contributed by atoms with Crippen LogP contribution in [0.5, 0.6) is 5.75 Å². The normalized spacial score (nSPS) is 21.8. The van der Waals surface area contributed by atoms with Crippen molar-refractivity contribution in [3.63, 3.8) is 0 Å². The molecule has 2 aliphatic heterocycles. The summed E-state index contributed by atoms with van der Waals surface area (Å²) in [6.45, 7) is 3.69. The number of aryl methyl sites for hydroxylation is 1. The second kappa shape index (κ2) is 9.54. The van der Waals surface area contributed by atoms with Crippen molar-refractivity contribution < 1.29 is 14.3 Å². The standard InChI is InChI=1S/C26H32N2O3/c1-20-19-31-23-13-6-5-9-21(23)10-7-8-14-26(25(30)27-20)15-17-28(18-16-26)24(29)22-11-3-2-4-12-22/h2-6,9,11-13,20H,7-8,10,14-19H2,1H3,(H,27,30)/t20-/m1/s1. The van der Waals surface area contributed by atoms with Gasteiger partial charge in [-0.15, -0.1) is 0 Å². The monoisotopic (exact) mass is 420 g/mol. The molecule has 0 aliphatic carbocycles. The van der Waals surface area contributed by atoms with E-state index in [1.807, 2.05) is 54.3 Å². The number of hydrogen-bond acceptors (Lipinski definition) is 3. The number of nitrogens with zero attached hydrogens (tertiary/aromatic N) is 1. The van der Waals surface area contributed by atoms with Crippen LogP contribution >= 0.6 is 0 Å². The van der Waals surface area contributed by atoms with E-state index in [9.17, 15) is 9.59 Å². The predicted octanol–water partition coefficient (Wildman–Crippen LogP) is 4.22. The van der Waals surface area contributed by atoms with Crippen LogP contribution in [0.3, 0.4) is 0 Å². The third-order valence-corrected chi connectivity index (χ3v) is 6.70. The van der Waals surface area contributed by atoms with Gasteiger partial charge in [-0.2, -0.15) is 0 Å². The molecule has 0 bridgehead atoms. The van der Waals surface area contributed by atoms with Crippen molar-refractivity contribution >= 4 is 11.8 Å². The van der Waals surface area contributed by atoms with Gasteiger partial charge in [0.1, 0.15) is 12.4 Å². The molecule has 5 heteroatoms. The Bertz CT molecular complexity index is 904. The molecule has 0 aromatic heterocycles. The third kappa shape index (κ3) is 4.92. The van der Waals surface area contributed by atoms with E-state index in [0.717, 1.165) is 31.4 Å². The molecule has 2 heterocycles. The SMILES string of the molecule is C[C@@H]1COc2ccccc2CCCCC2(CCN(C(=O)c3ccccc3)CC2)C(=O)N1. The maximum atomic E-state index is 13.3. The van der Waals surface area contributed by atoms with E-state index in [1.165, 1.54) is 5.56 Å². The van der Waals surface area contributed by atoms with E-state index in [0.29, 0.717) is 38.1 Å². The van der Waals surface area contributed by atoms with Crippen LogP contribution in [-0.4, -0.2) is 42.5 Å². The first-order chi connectivity index (χ1) is 15.1. The fraction of sp³-hybridized carbons (Fsp3) is 0.462. The Morgan fingerprint density at radius 3 is 2.48 bits per heavy atom. The number of likely N-dealkylation sites (tertiary alicyclic amines) is 1. The number of hydrogen-bond donors (Lipinski definition) is 1. The molecule has 164 valence electrons. The van der Waals surface area contributed by atoms with Gasteiger partial charge in [0.2, 0.25) is 5.91 Å². The highest BCUT2D eigenvalue weighted by Crippen LogP contribution is 2.38. The number of benzene rings is 2. The molecular formula is C26H32N2O3. The lowest BCUT2D eigenvalue weighted by atomic mass is 9.73. The fourth-order valence-corrected chi connectivity index (χ4v) is 4.76. The van der Waals surface area contributed by atoms with Gasteiger partial charge >= 0.3 is 0 Å². The number of piperidine rings is 1. The molecule has 2 aromatic carbocycles. The molecule has 2 aromatic rings. The number of carbonyl (C=O) groups is 2. The van der Waals surface area contributed by atoms with E-state index in [1.54, 1.807) is 0 Å². The number of rotatable bonds is 1. The molecule has 1 atom stereocenters. The van der Waals surface area contributed by atoms with Crippen LogP contribution in [0, 0.1) is 5.41 Å². The number of ether oxygens (including phenoxy) is 1. The minimum Gasteiger partial charge on any atom is -0.491 e. The first kappa shape index (κ1) is 21.4. The highest BCUT2D eigenvalue weighted by atomic mass is 16.5. The van der Waals surface area contributed by atoms with Gasteiger partial charge in [0.15, 0.2) is 0 Å². The topological polar surface area (TPSA) is 58.6 Å². The van der Waals surface area contributed by atoms with Gasteiger partial charge in [0.05, 0.1) is 11.5 Å². The summed E-state index contributed by atoms with van der Waals surface area (Å²) in [5, 5.41) is 3.20. The molecule has 1 fully saturated rings. The van der Waals surface area contributed by atoms with Crippen LogP contribution < -0.4 is 10.1 Å². The molecule has 4 rings (SSSR count). The molecule has 0 unspecified atom stereocenters. The van der Waals surface area contributed by atoms with Crippen LogP contribution in [0.2, 0.25) is 0 Å². The van der Waals surface area contributed by atoms with Gasteiger partial charge < -0.3 is 15.0 Å². The van der Waals surface area contributed by atoms with Gasteiger partial charge in [0.25, 0.3) is 5.91 Å². The minimum atomic E-state index is -0.402. The first-order valence-electron chi connectivity index (χ1n) is 11.4. The van der Waals surface area contributed by atoms with E-state index >= 15 is 0 Å². The molecular weight excluding hydrogens is 388 g/mol. The summed E-state index contributed by atoms with van der Waals surface area (Å²) in [7, 11) is 0. The maximum absolute atomic E-state index is 13.3. The lowest BCUT2D eigenvalue weighted by Gasteiger charge is -2.41. The molecule has 5 nitrogen and oxygen atoms in total. The van der Waals surface area contributed by atoms with Crippen molar-refractivity contribution in [2.75, 3.05) is 19.7 Å². The Morgan fingerprint density at radius 2 is 1.71 bits per heavy atom. The van der Waals surface area contributed by atoms with E-state index in [2.05, 4.69) is 17.4 Å². The number of fused-ring (bicyclic) bond motifs is 1. The van der Waals surface area contributed by atoms with Crippen LogP contribution in [-0.2, 0) is 11.2 Å². The predicted molar refractivity (Wildman–Crippen MR) is 121 cm³/mol. The van der Waals surface area contributed by atoms with E-state index in [-0.39, 0.29) is 17.9 Å². The Hall–Kier alpha value is -2.82. The Balaban J connectivity index is 1.45. The van der Waals surface area contributed by atoms with Gasteiger partial charge in [-0.1, -0.05) is 42.8 Å². The van der Waals surface area contributed by atoms with Crippen molar-refractivity contribution in [1.29, 1.82) is 0 Å². The fourth-order valence-electron chi connectivity index (χ4n) is 4.76. The van der Waals surface area contributed by atoms with E-state index in [4.69, 9.17) is 4.74 Å². The summed E-state index contributed by atoms with van der Waals surface area (Å²) in [4.78, 5) is 28.1. The van der Waals surface area contributed by atoms with Crippen LogP contribution in [0.25, 0.3) is 0 Å². The average molecular weight is 421 g/mol. The van der Waals surface area contributed by atoms with Crippen molar-refractivity contribution in [2.24, 2.45) is 5.41 Å². The van der Waals surface area contributed by atoms with Crippen molar-refractivity contribution in [1.82, 2.24) is 10.2 Å². The highest BCUT2D eigenvalue weighted by molar-refractivity contribution is 5.94. The molecule has 0 saturated carbocycles. The van der Waals surface area contributed by atoms with Gasteiger partial charge in [-0.05, 0) is 62.8 Å². The summed E-state index contributed by atoms with van der Waals surface area (Å²) >= 11 is 0. The molecule has 0 radical (unpaired) electrons. The molecule has 2 amide bonds. The smallest absolute Gasteiger partial charge is 0.253 e.